The number of carbonyl (C=O) groups excluding carboxylic acids is 1. The van der Waals surface area contributed by atoms with Crippen molar-refractivity contribution in [1.29, 1.82) is 0 Å². The molecule has 1 heterocycles. The Morgan fingerprint density at radius 3 is 2.54 bits per heavy atom. The van der Waals surface area contributed by atoms with Crippen LogP contribution in [0.3, 0.4) is 0 Å². The van der Waals surface area contributed by atoms with Gasteiger partial charge in [-0.3, -0.25) is 4.55 Å². The molecule has 0 aliphatic carbocycles. The molecule has 0 saturated heterocycles. The molecule has 0 spiro atoms. The lowest BCUT2D eigenvalue weighted by Gasteiger charge is -2.20. The highest BCUT2D eigenvalue weighted by molar-refractivity contribution is 9.10. The number of aromatic nitrogens is 1. The SMILES string of the molecule is COC(=O)c1ccc(N(c2csc(-c3ccc(Br)cc3)n2)S(=O)O)c(OC)c1. The lowest BCUT2D eigenvalue weighted by atomic mass is 10.2. The zero-order valence-corrected chi connectivity index (χ0v) is 18.0. The van der Waals surface area contributed by atoms with Crippen molar-refractivity contribution in [2.45, 2.75) is 0 Å². The molecule has 10 heteroatoms. The molecule has 146 valence electrons. The lowest BCUT2D eigenvalue weighted by Crippen LogP contribution is -2.20. The average molecular weight is 483 g/mol. The Hall–Kier alpha value is -2.27. The third-order valence-corrected chi connectivity index (χ3v) is 5.87. The summed E-state index contributed by atoms with van der Waals surface area (Å²) in [5, 5.41) is 2.38. The summed E-state index contributed by atoms with van der Waals surface area (Å²) in [6.45, 7) is 0. The molecular weight excluding hydrogens is 468 g/mol. The molecule has 1 atom stereocenters. The third kappa shape index (κ3) is 4.25. The summed E-state index contributed by atoms with van der Waals surface area (Å²) in [7, 11) is 2.68. The first-order valence-corrected chi connectivity index (χ1v) is 10.6. The van der Waals surface area contributed by atoms with E-state index in [-0.39, 0.29) is 17.1 Å². The summed E-state index contributed by atoms with van der Waals surface area (Å²) in [6, 6.07) is 12.0. The molecule has 0 radical (unpaired) electrons. The molecule has 7 nitrogen and oxygen atoms in total. The van der Waals surface area contributed by atoms with E-state index in [1.165, 1.54) is 43.8 Å². The Bertz CT molecular complexity index is 1020. The van der Waals surface area contributed by atoms with Gasteiger partial charge in [-0.1, -0.05) is 28.1 Å². The first-order chi connectivity index (χ1) is 13.4. The second kappa shape index (κ2) is 8.82. The molecule has 0 fully saturated rings. The van der Waals surface area contributed by atoms with Gasteiger partial charge < -0.3 is 9.47 Å². The maximum Gasteiger partial charge on any atom is 0.337 e. The molecular formula is C18H15BrN2O5S2. The Balaban J connectivity index is 2.02. The van der Waals surface area contributed by atoms with Crippen molar-refractivity contribution >= 4 is 56.0 Å². The van der Waals surface area contributed by atoms with Crippen LogP contribution in [0.4, 0.5) is 11.5 Å². The predicted octanol–water partition coefficient (Wildman–Crippen LogP) is 4.64. The highest BCUT2D eigenvalue weighted by Crippen LogP contribution is 2.37. The van der Waals surface area contributed by atoms with E-state index >= 15 is 0 Å². The van der Waals surface area contributed by atoms with E-state index in [1.54, 1.807) is 5.38 Å². The number of thiazole rings is 1. The number of esters is 1. The summed E-state index contributed by atoms with van der Waals surface area (Å²) in [5.41, 5.74) is 1.44. The van der Waals surface area contributed by atoms with Crippen LogP contribution in [-0.2, 0) is 16.0 Å². The number of methoxy groups -OCH3 is 2. The molecule has 0 bridgehead atoms. The fourth-order valence-electron chi connectivity index (χ4n) is 2.46. The number of ether oxygens (including phenoxy) is 2. The topological polar surface area (TPSA) is 89.0 Å². The van der Waals surface area contributed by atoms with Crippen molar-refractivity contribution in [3.05, 3.63) is 57.9 Å². The molecule has 1 aromatic heterocycles. The summed E-state index contributed by atoms with van der Waals surface area (Å²) >= 11 is 2.32. The third-order valence-electron chi connectivity index (χ3n) is 3.77. The van der Waals surface area contributed by atoms with Crippen LogP contribution in [0.15, 0.2) is 52.3 Å². The van der Waals surface area contributed by atoms with Crippen molar-refractivity contribution in [1.82, 2.24) is 4.98 Å². The van der Waals surface area contributed by atoms with Crippen LogP contribution >= 0.6 is 27.3 Å². The van der Waals surface area contributed by atoms with Gasteiger partial charge in [-0.2, -0.15) is 0 Å². The van der Waals surface area contributed by atoms with Crippen molar-refractivity contribution in [3.8, 4) is 16.3 Å². The first-order valence-electron chi connectivity index (χ1n) is 7.83. The van der Waals surface area contributed by atoms with E-state index < -0.39 is 17.2 Å². The second-order valence-electron chi connectivity index (χ2n) is 5.42. The van der Waals surface area contributed by atoms with E-state index in [0.717, 1.165) is 14.3 Å². The Kier molecular flexibility index (Phi) is 6.45. The predicted molar refractivity (Wildman–Crippen MR) is 112 cm³/mol. The van der Waals surface area contributed by atoms with Crippen LogP contribution in [-0.4, -0.2) is 33.9 Å². The van der Waals surface area contributed by atoms with Crippen molar-refractivity contribution in [3.63, 3.8) is 0 Å². The first kappa shape index (κ1) is 20.5. The van der Waals surface area contributed by atoms with Gasteiger partial charge in [0.05, 0.1) is 19.8 Å². The zero-order chi connectivity index (χ0) is 20.3. The molecule has 0 amide bonds. The normalized spacial score (nSPS) is 11.7. The van der Waals surface area contributed by atoms with E-state index in [1.807, 2.05) is 24.3 Å². The number of rotatable bonds is 6. The largest absolute Gasteiger partial charge is 0.495 e. The van der Waals surface area contributed by atoms with Crippen LogP contribution in [0, 0.1) is 0 Å². The number of anilines is 2. The van der Waals surface area contributed by atoms with Gasteiger partial charge in [-0.15, -0.1) is 11.3 Å². The fraction of sp³-hybridized carbons (Fsp3) is 0.111. The molecule has 1 unspecified atom stereocenters. The van der Waals surface area contributed by atoms with Gasteiger partial charge in [0.2, 0.25) is 0 Å². The molecule has 0 aliphatic rings. The lowest BCUT2D eigenvalue weighted by molar-refractivity contribution is 0.0600. The van der Waals surface area contributed by atoms with Crippen LogP contribution in [0.25, 0.3) is 10.6 Å². The Morgan fingerprint density at radius 1 is 1.21 bits per heavy atom. The maximum atomic E-state index is 12.1. The molecule has 3 rings (SSSR count). The minimum atomic E-state index is -2.41. The van der Waals surface area contributed by atoms with Crippen molar-refractivity contribution in [2.24, 2.45) is 0 Å². The molecule has 2 aromatic carbocycles. The number of hydrogen-bond donors (Lipinski definition) is 1. The number of carbonyl (C=O) groups is 1. The van der Waals surface area contributed by atoms with Crippen molar-refractivity contribution in [2.75, 3.05) is 18.5 Å². The molecule has 3 aromatic rings. The van der Waals surface area contributed by atoms with Gasteiger partial charge in [0, 0.05) is 15.4 Å². The molecule has 1 N–H and O–H groups in total. The van der Waals surface area contributed by atoms with Gasteiger partial charge in [-0.25, -0.2) is 18.3 Å². The van der Waals surface area contributed by atoms with E-state index in [9.17, 15) is 13.6 Å². The summed E-state index contributed by atoms with van der Waals surface area (Å²) in [5.74, 6) is -0.0101. The second-order valence-corrected chi connectivity index (χ2v) is 8.02. The minimum absolute atomic E-state index is 0.239. The van der Waals surface area contributed by atoms with Gasteiger partial charge in [0.25, 0.3) is 11.3 Å². The number of nitrogens with zero attached hydrogens (tertiary/aromatic N) is 2. The van der Waals surface area contributed by atoms with Gasteiger partial charge in [0.1, 0.15) is 16.4 Å². The summed E-state index contributed by atoms with van der Waals surface area (Å²) in [4.78, 5) is 16.2. The highest BCUT2D eigenvalue weighted by Gasteiger charge is 2.23. The number of halogens is 1. The Morgan fingerprint density at radius 2 is 1.93 bits per heavy atom. The van der Waals surface area contributed by atoms with Crippen molar-refractivity contribution < 1.29 is 23.0 Å². The van der Waals surface area contributed by atoms with E-state index in [2.05, 4.69) is 20.9 Å². The van der Waals surface area contributed by atoms with Crippen LogP contribution < -0.4 is 9.04 Å². The fourth-order valence-corrected chi connectivity index (χ4v) is 4.16. The highest BCUT2D eigenvalue weighted by atomic mass is 79.9. The number of benzene rings is 2. The van der Waals surface area contributed by atoms with Gasteiger partial charge in [0.15, 0.2) is 5.82 Å². The molecule has 0 saturated carbocycles. The standard InChI is InChI=1S/C18H15BrN2O5S2/c1-25-15-9-12(18(22)26-2)5-8-14(15)21(28(23)24)16-10-27-17(20-16)11-3-6-13(19)7-4-11/h3-10H,1-2H3,(H,23,24). The molecule has 28 heavy (non-hydrogen) atoms. The van der Waals surface area contributed by atoms with Gasteiger partial charge in [-0.05, 0) is 30.3 Å². The number of hydrogen-bond acceptors (Lipinski definition) is 6. The Labute approximate surface area is 176 Å². The zero-order valence-electron chi connectivity index (χ0n) is 14.8. The van der Waals surface area contributed by atoms with Crippen LogP contribution in [0.1, 0.15) is 10.4 Å². The van der Waals surface area contributed by atoms with Crippen LogP contribution in [0.5, 0.6) is 5.75 Å². The summed E-state index contributed by atoms with van der Waals surface area (Å²) < 4.78 is 34.1. The monoisotopic (exact) mass is 482 g/mol. The average Bonchev–Trinajstić information content (AvgIpc) is 3.17. The van der Waals surface area contributed by atoms with E-state index in [0.29, 0.717) is 10.7 Å². The smallest absolute Gasteiger partial charge is 0.337 e. The van der Waals surface area contributed by atoms with Gasteiger partial charge >= 0.3 is 5.97 Å². The maximum absolute atomic E-state index is 12.1. The summed E-state index contributed by atoms with van der Waals surface area (Å²) in [6.07, 6.45) is 0. The van der Waals surface area contributed by atoms with Crippen LogP contribution in [0.2, 0.25) is 0 Å². The quantitative estimate of drug-likeness (QED) is 0.406. The molecule has 0 aliphatic heterocycles. The minimum Gasteiger partial charge on any atom is -0.495 e. The van der Waals surface area contributed by atoms with E-state index in [4.69, 9.17) is 9.47 Å².